The molecule has 2 nitrogen and oxygen atoms in total. The summed E-state index contributed by atoms with van der Waals surface area (Å²) < 4.78 is 77.8. The highest BCUT2D eigenvalue weighted by Gasteiger charge is 2.22. The average Bonchev–Trinajstić information content (AvgIpc) is 3.38. The van der Waals surface area contributed by atoms with Gasteiger partial charge < -0.3 is 4.57 Å². The van der Waals surface area contributed by atoms with E-state index >= 15 is 0 Å². The molecule has 0 aliphatic heterocycles. The molecule has 0 bridgehead atoms. The van der Waals surface area contributed by atoms with Gasteiger partial charge in [-0.2, -0.15) is 13.2 Å². The molecule has 0 atom stereocenters. The van der Waals surface area contributed by atoms with E-state index in [1.54, 1.807) is 42.7 Å². The highest BCUT2D eigenvalue weighted by atomic mass is 19.4. The van der Waals surface area contributed by atoms with Crippen LogP contribution in [0.4, 0.5) is 26.3 Å². The van der Waals surface area contributed by atoms with Crippen LogP contribution < -0.4 is 10.9 Å². The van der Waals surface area contributed by atoms with Gasteiger partial charge in [-0.15, -0.1) is 0 Å². The molecule has 0 unspecified atom stereocenters. The topological polar surface area (TPSA) is 17.8 Å². The third-order valence-electron chi connectivity index (χ3n) is 5.97. The molecule has 0 amide bonds. The molecule has 1 heterocycles. The van der Waals surface area contributed by atoms with Crippen molar-refractivity contribution in [1.82, 2.24) is 9.55 Å². The molecule has 0 saturated heterocycles. The molecule has 1 aromatic heterocycles. The highest BCUT2D eigenvalue weighted by molar-refractivity contribution is 6.85. The first-order chi connectivity index (χ1) is 19.2. The van der Waals surface area contributed by atoms with Gasteiger partial charge in [0.2, 0.25) is 6.71 Å². The second-order valence-corrected chi connectivity index (χ2v) is 8.98. The second-order valence-electron chi connectivity index (χ2n) is 8.98. The normalized spacial score (nSPS) is 11.8. The van der Waals surface area contributed by atoms with Crippen molar-refractivity contribution >= 4 is 17.6 Å². The molecule has 0 saturated carbocycles. The second kappa shape index (κ2) is 15.0. The van der Waals surface area contributed by atoms with Crippen molar-refractivity contribution < 1.29 is 26.3 Å². The number of halogens is 6. The Kier molecular flexibility index (Phi) is 11.4. The molecule has 0 aliphatic carbocycles. The number of allylic oxidation sites excluding steroid dienone is 4. The Morgan fingerprint density at radius 3 is 1.98 bits per heavy atom. The van der Waals surface area contributed by atoms with E-state index in [1.807, 2.05) is 41.8 Å². The van der Waals surface area contributed by atoms with Gasteiger partial charge in [0.25, 0.3) is 0 Å². The molecule has 4 aromatic rings. The predicted octanol–water partition coefficient (Wildman–Crippen LogP) is 7.90. The zero-order chi connectivity index (χ0) is 29.0. The van der Waals surface area contributed by atoms with E-state index in [4.69, 9.17) is 0 Å². The van der Waals surface area contributed by atoms with Crippen molar-refractivity contribution in [3.8, 4) is 11.4 Å². The zero-order valence-electron chi connectivity index (χ0n) is 22.0. The lowest BCUT2D eigenvalue weighted by Crippen LogP contribution is -2.41. The molecule has 0 spiro atoms. The Hall–Kier alpha value is -4.01. The van der Waals surface area contributed by atoms with Crippen LogP contribution in [0, 0.1) is 11.6 Å². The van der Waals surface area contributed by atoms with Crippen LogP contribution in [0.5, 0.6) is 0 Å². The van der Waals surface area contributed by atoms with Crippen molar-refractivity contribution in [3.05, 3.63) is 127 Å². The summed E-state index contributed by atoms with van der Waals surface area (Å²) in [6.07, 6.45) is 3.35. The Balaban J connectivity index is 0.000000230. The molecule has 3 aromatic carbocycles. The Morgan fingerprint density at radius 1 is 0.875 bits per heavy atom. The monoisotopic (exact) mass is 554 g/mol. The molecule has 0 fully saturated rings. The fourth-order valence-electron chi connectivity index (χ4n) is 4.13. The molecule has 4 rings (SSSR count). The van der Waals surface area contributed by atoms with Crippen molar-refractivity contribution in [2.24, 2.45) is 0 Å². The minimum absolute atomic E-state index is 0.123. The molecule has 40 heavy (non-hydrogen) atoms. The lowest BCUT2D eigenvalue weighted by Gasteiger charge is -2.14. The number of benzene rings is 3. The third-order valence-corrected chi connectivity index (χ3v) is 5.97. The molecule has 208 valence electrons. The average molecular weight is 554 g/mol. The van der Waals surface area contributed by atoms with Crippen LogP contribution in [0.1, 0.15) is 19.8 Å². The van der Waals surface area contributed by atoms with Gasteiger partial charge in [0.05, 0.1) is 6.54 Å². The molecular weight excluding hydrogens is 525 g/mol. The number of imidazole rings is 1. The first-order valence-electron chi connectivity index (χ1n) is 12.8. The van der Waals surface area contributed by atoms with E-state index in [-0.39, 0.29) is 43.2 Å². The lowest BCUT2D eigenvalue weighted by atomic mass is 9.38. The number of alkyl halides is 3. The SMILES string of the molecule is CCC=C(F)Cn1ccnc1-c1ccccc1.Fc1ccc(B(CCC=CC(F)(F)F)c2ccc(F)cc2)cc1. The molecule has 0 N–H and O–H groups in total. The Bertz CT molecular complexity index is 1320. The van der Waals surface area contributed by atoms with E-state index < -0.39 is 6.18 Å². The van der Waals surface area contributed by atoms with Gasteiger partial charge in [-0.25, -0.2) is 18.2 Å². The van der Waals surface area contributed by atoms with Crippen LogP contribution in [0.15, 0.2) is 115 Å². The van der Waals surface area contributed by atoms with Gasteiger partial charge >= 0.3 is 6.18 Å². The van der Waals surface area contributed by atoms with Crippen LogP contribution >= 0.6 is 0 Å². The summed E-state index contributed by atoms with van der Waals surface area (Å²) in [5.74, 6) is -0.0971. The van der Waals surface area contributed by atoms with E-state index in [2.05, 4.69) is 4.98 Å². The van der Waals surface area contributed by atoms with Gasteiger partial charge in [0.15, 0.2) is 0 Å². The summed E-state index contributed by atoms with van der Waals surface area (Å²) in [7, 11) is 0. The van der Waals surface area contributed by atoms with Gasteiger partial charge in [-0.3, -0.25) is 0 Å². The zero-order valence-corrected chi connectivity index (χ0v) is 22.0. The predicted molar refractivity (Wildman–Crippen MR) is 150 cm³/mol. The fraction of sp³-hybridized carbons (Fsp3) is 0.194. The summed E-state index contributed by atoms with van der Waals surface area (Å²) in [5, 5.41) is 0. The van der Waals surface area contributed by atoms with E-state index in [9.17, 15) is 26.3 Å². The molecule has 9 heteroatoms. The van der Waals surface area contributed by atoms with Crippen LogP contribution in [0.25, 0.3) is 11.4 Å². The van der Waals surface area contributed by atoms with Crippen LogP contribution in [0.3, 0.4) is 0 Å². The minimum Gasteiger partial charge on any atom is -0.324 e. The molecule has 0 aliphatic rings. The quantitative estimate of drug-likeness (QED) is 0.117. The maximum atomic E-state index is 13.5. The number of hydrogen-bond acceptors (Lipinski definition) is 1. The van der Waals surface area contributed by atoms with Gasteiger partial charge in [0.1, 0.15) is 23.3 Å². The smallest absolute Gasteiger partial charge is 0.324 e. The van der Waals surface area contributed by atoms with E-state index in [0.717, 1.165) is 28.4 Å². The summed E-state index contributed by atoms with van der Waals surface area (Å²) >= 11 is 0. The number of hydrogen-bond donors (Lipinski definition) is 0. The summed E-state index contributed by atoms with van der Waals surface area (Å²) in [5.41, 5.74) is 2.55. The summed E-state index contributed by atoms with van der Waals surface area (Å²) in [6.45, 7) is 1.94. The van der Waals surface area contributed by atoms with Crippen molar-refractivity contribution in [1.29, 1.82) is 0 Å². The number of aromatic nitrogens is 2. The maximum Gasteiger partial charge on any atom is 0.409 e. The maximum absolute atomic E-state index is 13.5. The lowest BCUT2D eigenvalue weighted by molar-refractivity contribution is -0.0800. The standard InChI is InChI=1S/C17H14BF5.C14H15FN2/c19-15-7-3-13(4-8-15)18(12-2-1-11-17(21,22)23)14-5-9-16(20)10-6-14;1-2-6-13(15)11-17-10-9-16-14(17)12-7-4-3-5-8-12/h1,3-11H,2,12H2;3-10H,2,11H2,1H3. The summed E-state index contributed by atoms with van der Waals surface area (Å²) in [6, 6.07) is 21.4. The highest BCUT2D eigenvalue weighted by Crippen LogP contribution is 2.19. The first-order valence-corrected chi connectivity index (χ1v) is 12.8. The van der Waals surface area contributed by atoms with Crippen LogP contribution in [-0.2, 0) is 6.54 Å². The van der Waals surface area contributed by atoms with Crippen molar-refractivity contribution in [2.75, 3.05) is 0 Å². The largest absolute Gasteiger partial charge is 0.409 e. The minimum atomic E-state index is -4.33. The van der Waals surface area contributed by atoms with E-state index in [0.29, 0.717) is 12.7 Å². The first kappa shape index (κ1) is 30.5. The van der Waals surface area contributed by atoms with Crippen molar-refractivity contribution in [3.63, 3.8) is 0 Å². The van der Waals surface area contributed by atoms with Crippen LogP contribution in [-0.4, -0.2) is 22.4 Å². The van der Waals surface area contributed by atoms with E-state index in [1.165, 1.54) is 24.3 Å². The summed E-state index contributed by atoms with van der Waals surface area (Å²) in [4.78, 5) is 4.27. The Morgan fingerprint density at radius 2 is 1.45 bits per heavy atom. The fourth-order valence-corrected chi connectivity index (χ4v) is 4.13. The van der Waals surface area contributed by atoms with Gasteiger partial charge in [0, 0.05) is 24.0 Å². The van der Waals surface area contributed by atoms with Gasteiger partial charge in [-0.05, 0) is 37.1 Å². The third kappa shape index (κ3) is 9.95. The number of nitrogens with zero attached hydrogens (tertiary/aromatic N) is 2. The molecule has 0 radical (unpaired) electrons. The molecular formula is C31H29BF6N2. The van der Waals surface area contributed by atoms with Gasteiger partial charge in [-0.1, -0.05) is 90.9 Å². The van der Waals surface area contributed by atoms with Crippen molar-refractivity contribution in [2.45, 2.75) is 38.8 Å². The number of rotatable bonds is 9. The Labute approximate surface area is 230 Å². The van der Waals surface area contributed by atoms with Crippen LogP contribution in [0.2, 0.25) is 6.32 Å².